The summed E-state index contributed by atoms with van der Waals surface area (Å²) in [4.78, 5) is 4.49. The monoisotopic (exact) mass is 280 g/mol. The van der Waals surface area contributed by atoms with E-state index in [-0.39, 0.29) is 6.04 Å². The number of aromatic nitrogens is 1. The Morgan fingerprint density at radius 3 is 2.90 bits per heavy atom. The third kappa shape index (κ3) is 3.33. The highest BCUT2D eigenvalue weighted by atomic mass is 14.7. The molecule has 0 spiro atoms. The highest BCUT2D eigenvalue weighted by Gasteiger charge is 2.14. The zero-order chi connectivity index (χ0) is 14.7. The highest BCUT2D eigenvalue weighted by Crippen LogP contribution is 2.31. The molecule has 1 aromatic carbocycles. The standard InChI is InChI=1S/C19H24N2/c1-14(20)9-10-17-13-16(11-12-21-17)19-8-4-6-15-5-2-3-7-18(15)19/h4,6,8,11-14H,2-3,5,7,9-10,20H2,1H3/t14-/m0/s1. The lowest BCUT2D eigenvalue weighted by atomic mass is 9.86. The zero-order valence-electron chi connectivity index (χ0n) is 12.8. The molecular formula is C19H24N2. The first-order valence-corrected chi connectivity index (χ1v) is 8.05. The maximum Gasteiger partial charge on any atom is 0.0410 e. The molecule has 1 aliphatic carbocycles. The number of benzene rings is 1. The van der Waals surface area contributed by atoms with Crippen molar-refractivity contribution in [2.24, 2.45) is 5.73 Å². The van der Waals surface area contributed by atoms with Crippen LogP contribution in [-0.2, 0) is 19.3 Å². The minimum absolute atomic E-state index is 0.236. The fourth-order valence-corrected chi connectivity index (χ4v) is 3.21. The first-order chi connectivity index (χ1) is 10.2. The molecule has 1 aromatic heterocycles. The maximum absolute atomic E-state index is 5.85. The maximum atomic E-state index is 5.85. The molecule has 0 amide bonds. The summed E-state index contributed by atoms with van der Waals surface area (Å²) in [5, 5.41) is 0. The molecule has 110 valence electrons. The molecule has 2 heteroatoms. The lowest BCUT2D eigenvalue weighted by molar-refractivity contribution is 0.658. The summed E-state index contributed by atoms with van der Waals surface area (Å²) < 4.78 is 0. The molecular weight excluding hydrogens is 256 g/mol. The van der Waals surface area contributed by atoms with Crippen molar-refractivity contribution in [2.75, 3.05) is 0 Å². The summed E-state index contributed by atoms with van der Waals surface area (Å²) >= 11 is 0. The third-order valence-corrected chi connectivity index (χ3v) is 4.38. The summed E-state index contributed by atoms with van der Waals surface area (Å²) in [5.41, 5.74) is 12.8. The Labute approximate surface area is 127 Å². The molecule has 2 nitrogen and oxygen atoms in total. The molecule has 0 aliphatic heterocycles. The molecule has 0 radical (unpaired) electrons. The van der Waals surface area contributed by atoms with Crippen LogP contribution in [0.3, 0.4) is 0 Å². The fourth-order valence-electron chi connectivity index (χ4n) is 3.21. The first-order valence-electron chi connectivity index (χ1n) is 8.05. The quantitative estimate of drug-likeness (QED) is 0.922. The normalized spacial score (nSPS) is 15.5. The summed E-state index contributed by atoms with van der Waals surface area (Å²) in [6, 6.07) is 11.4. The number of fused-ring (bicyclic) bond motifs is 1. The van der Waals surface area contributed by atoms with E-state index >= 15 is 0 Å². The smallest absolute Gasteiger partial charge is 0.0410 e. The number of pyridine rings is 1. The van der Waals surface area contributed by atoms with Gasteiger partial charge in [-0.1, -0.05) is 18.2 Å². The molecule has 0 unspecified atom stereocenters. The number of nitrogens with two attached hydrogens (primary N) is 1. The lowest BCUT2D eigenvalue weighted by Crippen LogP contribution is -2.15. The van der Waals surface area contributed by atoms with E-state index in [4.69, 9.17) is 5.73 Å². The predicted octanol–water partition coefficient (Wildman–Crippen LogP) is 3.91. The average Bonchev–Trinajstić information content (AvgIpc) is 2.52. The number of hydrogen-bond donors (Lipinski definition) is 1. The van der Waals surface area contributed by atoms with Gasteiger partial charge in [0.15, 0.2) is 0 Å². The summed E-state index contributed by atoms with van der Waals surface area (Å²) in [5.74, 6) is 0. The van der Waals surface area contributed by atoms with E-state index in [0.29, 0.717) is 0 Å². The summed E-state index contributed by atoms with van der Waals surface area (Å²) in [7, 11) is 0. The molecule has 0 bridgehead atoms. The Morgan fingerprint density at radius 2 is 2.05 bits per heavy atom. The Kier molecular flexibility index (Phi) is 4.35. The topological polar surface area (TPSA) is 38.9 Å². The molecule has 21 heavy (non-hydrogen) atoms. The summed E-state index contributed by atoms with van der Waals surface area (Å²) in [6.45, 7) is 2.05. The van der Waals surface area contributed by atoms with Crippen molar-refractivity contribution in [3.63, 3.8) is 0 Å². The van der Waals surface area contributed by atoms with E-state index in [0.717, 1.165) is 18.5 Å². The molecule has 3 rings (SSSR count). The minimum atomic E-state index is 0.236. The van der Waals surface area contributed by atoms with Gasteiger partial charge in [0.05, 0.1) is 0 Å². The van der Waals surface area contributed by atoms with Gasteiger partial charge in [0.2, 0.25) is 0 Å². The molecule has 1 aliphatic rings. The highest BCUT2D eigenvalue weighted by molar-refractivity contribution is 5.69. The fraction of sp³-hybridized carbons (Fsp3) is 0.421. The molecule has 2 aromatic rings. The molecule has 0 fully saturated rings. The van der Waals surface area contributed by atoms with Crippen molar-refractivity contribution < 1.29 is 0 Å². The number of nitrogens with zero attached hydrogens (tertiary/aromatic N) is 1. The number of aryl methyl sites for hydroxylation is 2. The van der Waals surface area contributed by atoms with E-state index in [1.54, 1.807) is 5.56 Å². The van der Waals surface area contributed by atoms with Gasteiger partial charge in [0.25, 0.3) is 0 Å². The van der Waals surface area contributed by atoms with Gasteiger partial charge in [0.1, 0.15) is 0 Å². The van der Waals surface area contributed by atoms with Crippen molar-refractivity contribution in [1.82, 2.24) is 4.98 Å². The van der Waals surface area contributed by atoms with Gasteiger partial charge in [0, 0.05) is 17.9 Å². The third-order valence-electron chi connectivity index (χ3n) is 4.38. The second-order valence-electron chi connectivity index (χ2n) is 6.20. The molecule has 2 N–H and O–H groups in total. The molecule has 0 saturated heterocycles. The van der Waals surface area contributed by atoms with E-state index < -0.39 is 0 Å². The number of rotatable bonds is 4. The largest absolute Gasteiger partial charge is 0.328 e. The Hall–Kier alpha value is -1.67. The van der Waals surface area contributed by atoms with E-state index in [9.17, 15) is 0 Å². The van der Waals surface area contributed by atoms with E-state index in [1.807, 2.05) is 6.20 Å². The molecule has 1 atom stereocenters. The Morgan fingerprint density at radius 1 is 1.19 bits per heavy atom. The van der Waals surface area contributed by atoms with Crippen LogP contribution >= 0.6 is 0 Å². The van der Waals surface area contributed by atoms with Crippen LogP contribution in [0.5, 0.6) is 0 Å². The second kappa shape index (κ2) is 6.40. The van der Waals surface area contributed by atoms with Crippen LogP contribution in [0.1, 0.15) is 43.0 Å². The van der Waals surface area contributed by atoms with Crippen LogP contribution in [0, 0.1) is 0 Å². The summed E-state index contributed by atoms with van der Waals surface area (Å²) in [6.07, 6.45) is 8.96. The zero-order valence-corrected chi connectivity index (χ0v) is 12.8. The van der Waals surface area contributed by atoms with Crippen molar-refractivity contribution in [2.45, 2.75) is 51.5 Å². The van der Waals surface area contributed by atoms with Crippen LogP contribution in [0.2, 0.25) is 0 Å². The van der Waals surface area contributed by atoms with Crippen LogP contribution < -0.4 is 5.73 Å². The van der Waals surface area contributed by atoms with Crippen LogP contribution in [0.15, 0.2) is 36.5 Å². The predicted molar refractivity (Wildman–Crippen MR) is 88.3 cm³/mol. The van der Waals surface area contributed by atoms with Gasteiger partial charge in [-0.3, -0.25) is 4.98 Å². The first kappa shape index (κ1) is 14.3. The Balaban J connectivity index is 1.92. The van der Waals surface area contributed by atoms with Gasteiger partial charge in [-0.2, -0.15) is 0 Å². The van der Waals surface area contributed by atoms with Crippen molar-refractivity contribution in [3.8, 4) is 11.1 Å². The molecule has 0 saturated carbocycles. The van der Waals surface area contributed by atoms with Crippen molar-refractivity contribution >= 4 is 0 Å². The number of hydrogen-bond acceptors (Lipinski definition) is 2. The Bertz CT molecular complexity index is 617. The molecule has 1 heterocycles. The average molecular weight is 280 g/mol. The van der Waals surface area contributed by atoms with Crippen molar-refractivity contribution in [1.29, 1.82) is 0 Å². The van der Waals surface area contributed by atoms with Crippen LogP contribution in [0.4, 0.5) is 0 Å². The van der Waals surface area contributed by atoms with Gasteiger partial charge in [-0.25, -0.2) is 0 Å². The lowest BCUT2D eigenvalue weighted by Gasteiger charge is -2.19. The van der Waals surface area contributed by atoms with Crippen molar-refractivity contribution in [3.05, 3.63) is 53.3 Å². The van der Waals surface area contributed by atoms with Gasteiger partial charge in [-0.15, -0.1) is 0 Å². The van der Waals surface area contributed by atoms with Gasteiger partial charge >= 0.3 is 0 Å². The van der Waals surface area contributed by atoms with E-state index in [1.165, 1.54) is 42.4 Å². The minimum Gasteiger partial charge on any atom is -0.328 e. The SMILES string of the molecule is C[C@H](N)CCc1cc(-c2cccc3c2CCCC3)ccn1. The van der Waals surface area contributed by atoms with E-state index in [2.05, 4.69) is 42.2 Å². The van der Waals surface area contributed by atoms with Gasteiger partial charge < -0.3 is 5.73 Å². The second-order valence-corrected chi connectivity index (χ2v) is 6.20. The van der Waals surface area contributed by atoms with Gasteiger partial charge in [-0.05, 0) is 79.8 Å². The van der Waals surface area contributed by atoms with Crippen LogP contribution in [-0.4, -0.2) is 11.0 Å². The van der Waals surface area contributed by atoms with Crippen LogP contribution in [0.25, 0.3) is 11.1 Å².